The van der Waals surface area contributed by atoms with Crippen LogP contribution in [0, 0.1) is 0 Å². The molecule has 0 aliphatic heterocycles. The molecular weight excluding hydrogens is 308 g/mol. The van der Waals surface area contributed by atoms with Crippen molar-refractivity contribution in [2.24, 2.45) is 0 Å². The minimum Gasteiger partial charge on any atom is -0.282 e. The molecule has 21 heavy (non-hydrogen) atoms. The summed E-state index contributed by atoms with van der Waals surface area (Å²) < 4.78 is 31.0. The highest BCUT2D eigenvalue weighted by Crippen LogP contribution is 2.22. The predicted octanol–water partition coefficient (Wildman–Crippen LogP) is 5.27. The van der Waals surface area contributed by atoms with Gasteiger partial charge in [0.05, 0.1) is 4.90 Å². The molecule has 0 spiro atoms. The number of aryl methyl sites for hydroxylation is 1. The molecule has 1 rings (SSSR count). The highest BCUT2D eigenvalue weighted by molar-refractivity contribution is 7.85. The van der Waals surface area contributed by atoms with E-state index in [1.807, 2.05) is 0 Å². The topological polar surface area (TPSA) is 54.4 Å². The molecule has 0 aliphatic carbocycles. The summed E-state index contributed by atoms with van der Waals surface area (Å²) in [5.74, 6) is 0. The third kappa shape index (κ3) is 7.30. The van der Waals surface area contributed by atoms with Gasteiger partial charge >= 0.3 is 0 Å². The van der Waals surface area contributed by atoms with Crippen LogP contribution in [0.1, 0.15) is 63.9 Å². The van der Waals surface area contributed by atoms with E-state index in [-0.39, 0.29) is 4.90 Å². The maximum absolute atomic E-state index is 11.0. The van der Waals surface area contributed by atoms with E-state index in [1.54, 1.807) is 6.07 Å². The van der Waals surface area contributed by atoms with Crippen molar-refractivity contribution in [1.29, 1.82) is 0 Å². The van der Waals surface area contributed by atoms with Gasteiger partial charge in [0, 0.05) is 5.02 Å². The Hall–Kier alpha value is -0.580. The fourth-order valence-electron chi connectivity index (χ4n) is 2.34. The van der Waals surface area contributed by atoms with Crippen molar-refractivity contribution in [3.63, 3.8) is 0 Å². The van der Waals surface area contributed by atoms with Gasteiger partial charge in [0.25, 0.3) is 10.1 Å². The summed E-state index contributed by atoms with van der Waals surface area (Å²) in [7, 11) is -4.17. The van der Waals surface area contributed by atoms with Gasteiger partial charge in [-0.3, -0.25) is 4.55 Å². The molecule has 0 aromatic heterocycles. The monoisotopic (exact) mass is 332 g/mol. The zero-order valence-electron chi connectivity index (χ0n) is 12.6. The second-order valence-corrected chi connectivity index (χ2v) is 7.28. The first kappa shape index (κ1) is 18.5. The van der Waals surface area contributed by atoms with Crippen molar-refractivity contribution >= 4 is 21.7 Å². The minimum atomic E-state index is -4.17. The lowest BCUT2D eigenvalue weighted by Gasteiger charge is -2.06. The molecule has 0 bridgehead atoms. The summed E-state index contributed by atoms with van der Waals surface area (Å²) in [6.07, 6.45) is 10.9. The zero-order valence-corrected chi connectivity index (χ0v) is 14.2. The predicted molar refractivity (Wildman–Crippen MR) is 87.6 cm³/mol. The van der Waals surface area contributed by atoms with Gasteiger partial charge < -0.3 is 0 Å². The fourth-order valence-corrected chi connectivity index (χ4v) is 3.19. The smallest absolute Gasteiger partial charge is 0.282 e. The van der Waals surface area contributed by atoms with Gasteiger partial charge in [0.1, 0.15) is 0 Å². The van der Waals surface area contributed by atoms with Gasteiger partial charge in [-0.2, -0.15) is 8.42 Å². The number of unbranched alkanes of at least 4 members (excludes halogenated alkanes) is 7. The molecule has 0 heterocycles. The SMILES string of the molecule is CCCCCCCCCCc1ccc(S(=O)(=O)O)cc1Cl. The molecule has 0 saturated heterocycles. The molecule has 0 amide bonds. The van der Waals surface area contributed by atoms with Crippen molar-refractivity contribution in [3.8, 4) is 0 Å². The molecular formula is C16H25ClO3S. The lowest BCUT2D eigenvalue weighted by atomic mass is 10.0. The van der Waals surface area contributed by atoms with E-state index in [1.165, 1.54) is 57.1 Å². The van der Waals surface area contributed by atoms with E-state index < -0.39 is 10.1 Å². The standard InChI is InChI=1S/C16H25ClO3S/c1-2-3-4-5-6-7-8-9-10-14-11-12-15(13-16(14)17)21(18,19)20/h11-13H,2-10H2,1H3,(H,18,19,20). The number of benzene rings is 1. The summed E-state index contributed by atoms with van der Waals surface area (Å²) in [5.41, 5.74) is 0.940. The Balaban J connectivity index is 2.30. The molecule has 0 aliphatic rings. The zero-order chi connectivity index (χ0) is 15.7. The van der Waals surface area contributed by atoms with Gasteiger partial charge in [-0.05, 0) is 30.5 Å². The Morgan fingerprint density at radius 1 is 1.00 bits per heavy atom. The Morgan fingerprint density at radius 3 is 2.10 bits per heavy atom. The molecule has 0 saturated carbocycles. The van der Waals surface area contributed by atoms with Gasteiger partial charge in [0.15, 0.2) is 0 Å². The second kappa shape index (κ2) is 9.44. The van der Waals surface area contributed by atoms with E-state index in [0.717, 1.165) is 18.4 Å². The molecule has 120 valence electrons. The van der Waals surface area contributed by atoms with E-state index in [9.17, 15) is 8.42 Å². The third-order valence-corrected chi connectivity index (χ3v) is 4.82. The van der Waals surface area contributed by atoms with Crippen LogP contribution in [0.2, 0.25) is 5.02 Å². The fraction of sp³-hybridized carbons (Fsp3) is 0.625. The van der Waals surface area contributed by atoms with E-state index in [2.05, 4.69) is 6.92 Å². The quantitative estimate of drug-likeness (QED) is 0.469. The molecule has 1 aromatic carbocycles. The summed E-state index contributed by atoms with van der Waals surface area (Å²) >= 11 is 6.06. The molecule has 1 aromatic rings. The van der Waals surface area contributed by atoms with Crippen LogP contribution in [0.5, 0.6) is 0 Å². The van der Waals surface area contributed by atoms with Crippen molar-refractivity contribution in [2.75, 3.05) is 0 Å². The molecule has 1 N–H and O–H groups in total. The highest BCUT2D eigenvalue weighted by Gasteiger charge is 2.11. The van der Waals surface area contributed by atoms with Crippen molar-refractivity contribution < 1.29 is 13.0 Å². The van der Waals surface area contributed by atoms with Crippen LogP contribution in [-0.2, 0) is 16.5 Å². The van der Waals surface area contributed by atoms with Crippen LogP contribution in [0.4, 0.5) is 0 Å². The maximum atomic E-state index is 11.0. The van der Waals surface area contributed by atoms with Crippen LogP contribution in [0.3, 0.4) is 0 Å². The summed E-state index contributed by atoms with van der Waals surface area (Å²) in [6.45, 7) is 2.22. The van der Waals surface area contributed by atoms with Crippen molar-refractivity contribution in [2.45, 2.75) is 69.6 Å². The van der Waals surface area contributed by atoms with Gasteiger partial charge in [-0.15, -0.1) is 0 Å². The van der Waals surface area contributed by atoms with Gasteiger partial charge in [0.2, 0.25) is 0 Å². The molecule has 0 atom stereocenters. The lowest BCUT2D eigenvalue weighted by molar-refractivity contribution is 0.483. The Kier molecular flexibility index (Phi) is 8.30. The van der Waals surface area contributed by atoms with E-state index in [0.29, 0.717) is 5.02 Å². The largest absolute Gasteiger partial charge is 0.294 e. The average molecular weight is 333 g/mol. The van der Waals surface area contributed by atoms with Gasteiger partial charge in [-0.25, -0.2) is 0 Å². The first-order chi connectivity index (χ1) is 9.95. The van der Waals surface area contributed by atoms with Gasteiger partial charge in [-0.1, -0.05) is 69.5 Å². The van der Waals surface area contributed by atoms with Crippen molar-refractivity contribution in [1.82, 2.24) is 0 Å². The molecule has 3 nitrogen and oxygen atoms in total. The number of rotatable bonds is 10. The molecule has 0 radical (unpaired) electrons. The highest BCUT2D eigenvalue weighted by atomic mass is 35.5. The Labute approximate surface area is 133 Å². The summed E-state index contributed by atoms with van der Waals surface area (Å²) in [5, 5.41) is 0.410. The summed E-state index contributed by atoms with van der Waals surface area (Å²) in [6, 6.07) is 4.41. The average Bonchev–Trinajstić information content (AvgIpc) is 2.42. The van der Waals surface area contributed by atoms with Crippen LogP contribution in [0.25, 0.3) is 0 Å². The van der Waals surface area contributed by atoms with Crippen LogP contribution in [0.15, 0.2) is 23.1 Å². The number of hydrogen-bond donors (Lipinski definition) is 1. The van der Waals surface area contributed by atoms with E-state index in [4.69, 9.17) is 16.2 Å². The van der Waals surface area contributed by atoms with Crippen molar-refractivity contribution in [3.05, 3.63) is 28.8 Å². The molecule has 0 unspecified atom stereocenters. The second-order valence-electron chi connectivity index (χ2n) is 5.45. The van der Waals surface area contributed by atoms with Crippen LogP contribution < -0.4 is 0 Å². The third-order valence-electron chi connectivity index (χ3n) is 3.62. The Morgan fingerprint density at radius 2 is 1.57 bits per heavy atom. The lowest BCUT2D eigenvalue weighted by Crippen LogP contribution is -1.99. The minimum absolute atomic E-state index is 0.146. The normalized spacial score (nSPS) is 11.8. The van der Waals surface area contributed by atoms with Crippen LogP contribution >= 0.6 is 11.6 Å². The number of halogens is 1. The first-order valence-corrected chi connectivity index (χ1v) is 9.53. The Bertz CT molecular complexity index is 526. The van der Waals surface area contributed by atoms with Crippen LogP contribution in [-0.4, -0.2) is 13.0 Å². The van der Waals surface area contributed by atoms with E-state index >= 15 is 0 Å². The maximum Gasteiger partial charge on any atom is 0.294 e. The molecule has 0 fully saturated rings. The summed E-state index contributed by atoms with van der Waals surface area (Å²) in [4.78, 5) is -0.146. The number of hydrogen-bond acceptors (Lipinski definition) is 2. The first-order valence-electron chi connectivity index (χ1n) is 7.71. The molecule has 5 heteroatoms.